The largest absolute Gasteiger partial charge is 0.503 e. The van der Waals surface area contributed by atoms with E-state index in [1.54, 1.807) is 19.1 Å². The Morgan fingerprint density at radius 1 is 1.37 bits per heavy atom. The van der Waals surface area contributed by atoms with Gasteiger partial charge < -0.3 is 14.7 Å². The number of aryl methyl sites for hydroxylation is 1. The van der Waals surface area contributed by atoms with E-state index in [-0.39, 0.29) is 18.7 Å². The van der Waals surface area contributed by atoms with Crippen LogP contribution in [0.5, 0.6) is 0 Å². The highest BCUT2D eigenvalue weighted by molar-refractivity contribution is 6.13. The Bertz CT molecular complexity index is 545. The number of ether oxygens (including phenoxy) is 1. The van der Waals surface area contributed by atoms with E-state index in [9.17, 15) is 14.7 Å². The third-order valence-corrected chi connectivity index (χ3v) is 2.92. The lowest BCUT2D eigenvalue weighted by molar-refractivity contribution is -0.138. The van der Waals surface area contributed by atoms with Gasteiger partial charge in [0.2, 0.25) is 0 Å². The molecule has 1 aromatic carbocycles. The first-order valence-electron chi connectivity index (χ1n) is 6.02. The van der Waals surface area contributed by atoms with Gasteiger partial charge >= 0.3 is 5.97 Å². The van der Waals surface area contributed by atoms with E-state index in [0.29, 0.717) is 5.69 Å². The maximum Gasteiger partial charge on any atom is 0.339 e. The highest BCUT2D eigenvalue weighted by Gasteiger charge is 2.35. The van der Waals surface area contributed by atoms with Gasteiger partial charge in [-0.25, -0.2) is 4.79 Å². The van der Waals surface area contributed by atoms with Crippen LogP contribution in [-0.4, -0.2) is 30.1 Å². The fraction of sp³-hybridized carbons (Fsp3) is 0.286. The second-order valence-electron chi connectivity index (χ2n) is 4.27. The van der Waals surface area contributed by atoms with Crippen molar-refractivity contribution in [2.24, 2.45) is 0 Å². The van der Waals surface area contributed by atoms with Crippen LogP contribution in [-0.2, 0) is 14.3 Å². The van der Waals surface area contributed by atoms with E-state index in [1.807, 2.05) is 19.1 Å². The second-order valence-corrected chi connectivity index (χ2v) is 4.27. The smallest absolute Gasteiger partial charge is 0.339 e. The molecule has 0 fully saturated rings. The first-order valence-corrected chi connectivity index (χ1v) is 6.02. The number of benzene rings is 1. The molecule has 2 rings (SSSR count). The molecular weight excluding hydrogens is 246 g/mol. The van der Waals surface area contributed by atoms with Crippen LogP contribution in [0.1, 0.15) is 12.5 Å². The quantitative estimate of drug-likeness (QED) is 0.841. The van der Waals surface area contributed by atoms with E-state index >= 15 is 0 Å². The van der Waals surface area contributed by atoms with Crippen molar-refractivity contribution in [1.29, 1.82) is 0 Å². The predicted molar refractivity (Wildman–Crippen MR) is 69.8 cm³/mol. The molecule has 0 bridgehead atoms. The average Bonchev–Trinajstić information content (AvgIpc) is 2.68. The molecule has 5 nitrogen and oxygen atoms in total. The van der Waals surface area contributed by atoms with Crippen LogP contribution in [0, 0.1) is 6.92 Å². The number of carbonyl (C=O) groups is 2. The zero-order valence-corrected chi connectivity index (χ0v) is 10.8. The molecule has 19 heavy (non-hydrogen) atoms. The fourth-order valence-electron chi connectivity index (χ4n) is 1.87. The molecule has 1 aliphatic rings. The highest BCUT2D eigenvalue weighted by atomic mass is 16.5. The van der Waals surface area contributed by atoms with Crippen LogP contribution < -0.4 is 4.90 Å². The third kappa shape index (κ3) is 2.45. The van der Waals surface area contributed by atoms with Gasteiger partial charge in [0.25, 0.3) is 5.91 Å². The molecule has 0 radical (unpaired) electrons. The minimum absolute atomic E-state index is 0.00688. The van der Waals surface area contributed by atoms with Crippen molar-refractivity contribution in [1.82, 2.24) is 0 Å². The lowest BCUT2D eigenvalue weighted by Gasteiger charge is -2.16. The van der Waals surface area contributed by atoms with E-state index in [0.717, 1.165) is 5.56 Å². The number of hydrogen-bond acceptors (Lipinski definition) is 4. The minimum Gasteiger partial charge on any atom is -0.503 e. The molecule has 1 N–H and O–H groups in total. The molecular formula is C14H15NO4. The van der Waals surface area contributed by atoms with Crippen molar-refractivity contribution in [2.75, 3.05) is 18.1 Å². The Balaban J connectivity index is 2.23. The lowest BCUT2D eigenvalue weighted by atomic mass is 10.2. The SMILES string of the molecule is CCOC(=O)C1=C(O)C(=O)N(c2ccc(C)cc2)C1. The van der Waals surface area contributed by atoms with Gasteiger partial charge in [-0.2, -0.15) is 0 Å². The normalized spacial score (nSPS) is 15.1. The number of aliphatic hydroxyl groups excluding tert-OH is 1. The van der Waals surface area contributed by atoms with E-state index < -0.39 is 17.6 Å². The van der Waals surface area contributed by atoms with Crippen molar-refractivity contribution in [3.8, 4) is 0 Å². The summed E-state index contributed by atoms with van der Waals surface area (Å²) in [5, 5.41) is 9.73. The number of aliphatic hydroxyl groups is 1. The van der Waals surface area contributed by atoms with Crippen molar-refractivity contribution < 1.29 is 19.4 Å². The second kappa shape index (κ2) is 5.14. The summed E-state index contributed by atoms with van der Waals surface area (Å²) >= 11 is 0. The molecule has 100 valence electrons. The number of amides is 1. The maximum atomic E-state index is 11.9. The molecule has 1 aromatic rings. The Morgan fingerprint density at radius 3 is 2.58 bits per heavy atom. The van der Waals surface area contributed by atoms with E-state index in [2.05, 4.69) is 0 Å². The van der Waals surface area contributed by atoms with Crippen LogP contribution in [0.4, 0.5) is 5.69 Å². The van der Waals surface area contributed by atoms with Gasteiger partial charge in [-0.05, 0) is 26.0 Å². The van der Waals surface area contributed by atoms with Gasteiger partial charge in [0.15, 0.2) is 5.76 Å². The number of anilines is 1. The summed E-state index contributed by atoms with van der Waals surface area (Å²) in [5.74, 6) is -1.76. The number of esters is 1. The molecule has 0 spiro atoms. The summed E-state index contributed by atoms with van der Waals surface area (Å²) in [6.07, 6.45) is 0. The van der Waals surface area contributed by atoms with Crippen LogP contribution in [0.3, 0.4) is 0 Å². The molecule has 0 saturated carbocycles. The zero-order chi connectivity index (χ0) is 14.0. The monoisotopic (exact) mass is 261 g/mol. The molecule has 1 aliphatic heterocycles. The average molecular weight is 261 g/mol. The van der Waals surface area contributed by atoms with Gasteiger partial charge in [-0.3, -0.25) is 4.79 Å². The molecule has 0 unspecified atom stereocenters. The van der Waals surface area contributed by atoms with Gasteiger partial charge in [0.05, 0.1) is 13.2 Å². The van der Waals surface area contributed by atoms with Crippen LogP contribution in [0.2, 0.25) is 0 Å². The Morgan fingerprint density at radius 2 is 2.00 bits per heavy atom. The lowest BCUT2D eigenvalue weighted by Crippen LogP contribution is -2.27. The Labute approximate surface area is 111 Å². The van der Waals surface area contributed by atoms with E-state index in [4.69, 9.17) is 4.74 Å². The molecule has 1 amide bonds. The van der Waals surface area contributed by atoms with Crippen molar-refractivity contribution in [2.45, 2.75) is 13.8 Å². The summed E-state index contributed by atoms with van der Waals surface area (Å²) in [7, 11) is 0. The van der Waals surface area contributed by atoms with Gasteiger partial charge in [0.1, 0.15) is 5.57 Å². The number of nitrogens with zero attached hydrogens (tertiary/aromatic N) is 1. The van der Waals surface area contributed by atoms with E-state index in [1.165, 1.54) is 4.90 Å². The standard InChI is InChI=1S/C14H15NO4/c1-3-19-14(18)11-8-15(13(17)12(11)16)10-6-4-9(2)5-7-10/h4-7,16H,3,8H2,1-2H3. The minimum atomic E-state index is -0.650. The number of carbonyl (C=O) groups excluding carboxylic acids is 2. The molecule has 0 aliphatic carbocycles. The van der Waals surface area contributed by atoms with Crippen molar-refractivity contribution in [3.05, 3.63) is 41.2 Å². The molecule has 0 saturated heterocycles. The molecule has 0 atom stereocenters. The topological polar surface area (TPSA) is 66.8 Å². The van der Waals surface area contributed by atoms with Gasteiger partial charge in [-0.1, -0.05) is 17.7 Å². The van der Waals surface area contributed by atoms with Gasteiger partial charge in [-0.15, -0.1) is 0 Å². The summed E-state index contributed by atoms with van der Waals surface area (Å²) in [5.41, 5.74) is 1.71. The van der Waals surface area contributed by atoms with Crippen LogP contribution in [0.15, 0.2) is 35.6 Å². The molecule has 1 heterocycles. The zero-order valence-electron chi connectivity index (χ0n) is 10.8. The maximum absolute atomic E-state index is 11.9. The van der Waals surface area contributed by atoms with Crippen molar-refractivity contribution >= 4 is 17.6 Å². The summed E-state index contributed by atoms with van der Waals surface area (Å²) < 4.78 is 4.81. The van der Waals surface area contributed by atoms with Crippen LogP contribution in [0.25, 0.3) is 0 Å². The first kappa shape index (κ1) is 13.1. The molecule has 0 aromatic heterocycles. The molecule has 5 heteroatoms. The summed E-state index contributed by atoms with van der Waals surface area (Å²) in [6, 6.07) is 7.27. The van der Waals surface area contributed by atoms with Gasteiger partial charge in [0, 0.05) is 5.69 Å². The third-order valence-electron chi connectivity index (χ3n) is 2.92. The predicted octanol–water partition coefficient (Wildman–Crippen LogP) is 1.72. The van der Waals surface area contributed by atoms with Crippen LogP contribution >= 0.6 is 0 Å². The number of rotatable bonds is 3. The summed E-state index contributed by atoms with van der Waals surface area (Å²) in [4.78, 5) is 24.9. The summed E-state index contributed by atoms with van der Waals surface area (Å²) in [6.45, 7) is 3.85. The van der Waals surface area contributed by atoms with Crippen molar-refractivity contribution in [3.63, 3.8) is 0 Å². The first-order chi connectivity index (χ1) is 9.04. The highest BCUT2D eigenvalue weighted by Crippen LogP contribution is 2.25. The Kier molecular flexibility index (Phi) is 3.55. The number of hydrogen-bond donors (Lipinski definition) is 1. The fourth-order valence-corrected chi connectivity index (χ4v) is 1.87. The Hall–Kier alpha value is -2.30.